The largest absolute Gasteiger partial charge is 0.459 e. The molecular weight excluding hydrogens is 382 g/mol. The summed E-state index contributed by atoms with van der Waals surface area (Å²) in [6.07, 6.45) is -0.768. The van der Waals surface area contributed by atoms with E-state index in [0.29, 0.717) is 5.56 Å². The zero-order chi connectivity index (χ0) is 22.4. The first-order chi connectivity index (χ1) is 13.6. The normalized spacial score (nSPS) is 11.8. The van der Waals surface area contributed by atoms with Gasteiger partial charge in [-0.1, -0.05) is 32.4 Å². The van der Waals surface area contributed by atoms with Crippen LogP contribution in [-0.2, 0) is 33.4 Å². The molecule has 29 heavy (non-hydrogen) atoms. The average molecular weight is 411 g/mol. The smallest absolute Gasteiger partial charge is 0.352 e. The zero-order valence-electron chi connectivity index (χ0n) is 17.4. The van der Waals surface area contributed by atoms with Gasteiger partial charge in [-0.05, 0) is 19.1 Å². The summed E-state index contributed by atoms with van der Waals surface area (Å²) in [6, 6.07) is 5.83. The molecule has 0 saturated carbocycles. The van der Waals surface area contributed by atoms with Crippen LogP contribution < -0.4 is 10.5 Å². The SMILES string of the molecule is CC(=O)Oc1ccc(C(OC(C)=O)C(=O)OCC(C)OC(=O)CN)cc1.CCC. The van der Waals surface area contributed by atoms with Crippen molar-refractivity contribution < 1.29 is 38.1 Å². The lowest BCUT2D eigenvalue weighted by atomic mass is 10.1. The van der Waals surface area contributed by atoms with Gasteiger partial charge in [-0.3, -0.25) is 14.4 Å². The Bertz CT molecular complexity index is 672. The number of carbonyl (C=O) groups is 4. The van der Waals surface area contributed by atoms with Gasteiger partial charge >= 0.3 is 23.9 Å². The highest BCUT2D eigenvalue weighted by atomic mass is 16.6. The molecule has 2 unspecified atom stereocenters. The van der Waals surface area contributed by atoms with Gasteiger partial charge in [0, 0.05) is 19.4 Å². The molecule has 0 aliphatic rings. The quantitative estimate of drug-likeness (QED) is 0.388. The molecule has 1 aromatic rings. The Kier molecular flexibility index (Phi) is 12.7. The molecule has 162 valence electrons. The molecule has 0 amide bonds. The number of nitrogens with two attached hydrogens (primary N) is 1. The molecule has 0 aromatic heterocycles. The first kappa shape index (κ1) is 26.1. The minimum atomic E-state index is -1.31. The lowest BCUT2D eigenvalue weighted by Gasteiger charge is -2.18. The summed E-state index contributed by atoms with van der Waals surface area (Å²) in [5, 5.41) is 0. The minimum Gasteiger partial charge on any atom is -0.459 e. The standard InChI is InChI=1S/C17H21NO8.C3H8/c1-10(24-15(21)8-18)9-23-17(22)16(26-12(3)20)13-4-6-14(7-5-13)25-11(2)19;1-3-2/h4-7,10,16H,8-9,18H2,1-3H3;3H2,1-2H3. The van der Waals surface area contributed by atoms with Crippen LogP contribution in [0.4, 0.5) is 0 Å². The molecule has 0 heterocycles. The Labute approximate surface area is 170 Å². The predicted molar refractivity (Wildman–Crippen MR) is 104 cm³/mol. The number of benzene rings is 1. The highest BCUT2D eigenvalue weighted by molar-refractivity contribution is 5.80. The number of carbonyl (C=O) groups excluding carboxylic acids is 4. The molecule has 0 saturated heterocycles. The van der Waals surface area contributed by atoms with Crippen molar-refractivity contribution in [2.75, 3.05) is 13.2 Å². The van der Waals surface area contributed by atoms with Gasteiger partial charge in [0.2, 0.25) is 6.10 Å². The number of ether oxygens (including phenoxy) is 4. The summed E-state index contributed by atoms with van der Waals surface area (Å²) in [5.41, 5.74) is 5.45. The summed E-state index contributed by atoms with van der Waals surface area (Å²) in [6.45, 7) is 7.66. The molecule has 1 rings (SSSR count). The Morgan fingerprint density at radius 2 is 1.52 bits per heavy atom. The first-order valence-corrected chi connectivity index (χ1v) is 9.16. The van der Waals surface area contributed by atoms with E-state index in [9.17, 15) is 19.2 Å². The summed E-state index contributed by atoms with van der Waals surface area (Å²) < 4.78 is 19.8. The molecule has 0 bridgehead atoms. The monoisotopic (exact) mass is 411 g/mol. The van der Waals surface area contributed by atoms with Crippen molar-refractivity contribution in [1.82, 2.24) is 0 Å². The third-order valence-electron chi connectivity index (χ3n) is 2.90. The maximum absolute atomic E-state index is 12.3. The van der Waals surface area contributed by atoms with Crippen molar-refractivity contribution in [3.8, 4) is 5.75 Å². The molecule has 9 nitrogen and oxygen atoms in total. The Hall–Kier alpha value is -2.94. The van der Waals surface area contributed by atoms with Gasteiger partial charge in [0.15, 0.2) is 0 Å². The molecular formula is C20H29NO8. The lowest BCUT2D eigenvalue weighted by molar-refractivity contribution is -0.171. The zero-order valence-corrected chi connectivity index (χ0v) is 17.4. The third kappa shape index (κ3) is 11.5. The molecule has 0 spiro atoms. The van der Waals surface area contributed by atoms with Gasteiger partial charge in [-0.2, -0.15) is 0 Å². The minimum absolute atomic E-state index is 0.228. The Balaban J connectivity index is 0.00000245. The van der Waals surface area contributed by atoms with Crippen molar-refractivity contribution in [3.05, 3.63) is 29.8 Å². The summed E-state index contributed by atoms with van der Waals surface area (Å²) in [4.78, 5) is 45.5. The molecule has 2 N–H and O–H groups in total. The fraction of sp³-hybridized carbons (Fsp3) is 0.500. The van der Waals surface area contributed by atoms with E-state index in [-0.39, 0.29) is 18.9 Å². The van der Waals surface area contributed by atoms with Crippen molar-refractivity contribution >= 4 is 23.9 Å². The van der Waals surface area contributed by atoms with Gasteiger partial charge in [0.05, 0.1) is 6.54 Å². The van der Waals surface area contributed by atoms with Crippen LogP contribution in [0.25, 0.3) is 0 Å². The van der Waals surface area contributed by atoms with Gasteiger partial charge in [-0.15, -0.1) is 0 Å². The Morgan fingerprint density at radius 3 is 1.97 bits per heavy atom. The van der Waals surface area contributed by atoms with Crippen molar-refractivity contribution in [3.63, 3.8) is 0 Å². The first-order valence-electron chi connectivity index (χ1n) is 9.16. The number of rotatable bonds is 8. The van der Waals surface area contributed by atoms with E-state index in [1.165, 1.54) is 44.5 Å². The van der Waals surface area contributed by atoms with Crippen LogP contribution >= 0.6 is 0 Å². The molecule has 0 radical (unpaired) electrons. The Morgan fingerprint density at radius 1 is 0.966 bits per heavy atom. The van der Waals surface area contributed by atoms with Crippen molar-refractivity contribution in [1.29, 1.82) is 0 Å². The molecule has 9 heteroatoms. The van der Waals surface area contributed by atoms with Gasteiger partial charge in [0.25, 0.3) is 0 Å². The van der Waals surface area contributed by atoms with Crippen molar-refractivity contribution in [2.45, 2.75) is 53.2 Å². The summed E-state index contributed by atoms with van der Waals surface area (Å²) in [5.74, 6) is -2.37. The van der Waals surface area contributed by atoms with Crippen LogP contribution in [0.2, 0.25) is 0 Å². The highest BCUT2D eigenvalue weighted by Gasteiger charge is 2.26. The highest BCUT2D eigenvalue weighted by Crippen LogP contribution is 2.23. The van der Waals surface area contributed by atoms with Crippen LogP contribution in [0.3, 0.4) is 0 Å². The van der Waals surface area contributed by atoms with E-state index in [1.54, 1.807) is 0 Å². The molecule has 1 aromatic carbocycles. The van der Waals surface area contributed by atoms with E-state index >= 15 is 0 Å². The fourth-order valence-electron chi connectivity index (χ4n) is 1.88. The van der Waals surface area contributed by atoms with E-state index in [0.717, 1.165) is 6.92 Å². The summed E-state index contributed by atoms with van der Waals surface area (Å²) >= 11 is 0. The van der Waals surface area contributed by atoms with Crippen molar-refractivity contribution in [2.24, 2.45) is 5.73 Å². The predicted octanol–water partition coefficient (Wildman–Crippen LogP) is 2.07. The second-order valence-electron chi connectivity index (χ2n) is 5.99. The second kappa shape index (κ2) is 14.1. The molecule has 0 fully saturated rings. The molecule has 2 atom stereocenters. The number of esters is 4. The average Bonchev–Trinajstić information content (AvgIpc) is 2.65. The topological polar surface area (TPSA) is 131 Å². The number of hydrogen-bond donors (Lipinski definition) is 1. The van der Waals surface area contributed by atoms with E-state index in [4.69, 9.17) is 24.7 Å². The fourth-order valence-corrected chi connectivity index (χ4v) is 1.88. The van der Waals surface area contributed by atoms with E-state index in [2.05, 4.69) is 13.8 Å². The van der Waals surface area contributed by atoms with Crippen LogP contribution in [0.1, 0.15) is 52.7 Å². The lowest BCUT2D eigenvalue weighted by Crippen LogP contribution is -2.28. The van der Waals surface area contributed by atoms with E-state index in [1.807, 2.05) is 0 Å². The van der Waals surface area contributed by atoms with E-state index < -0.39 is 36.1 Å². The molecule has 0 aliphatic heterocycles. The summed E-state index contributed by atoms with van der Waals surface area (Å²) in [7, 11) is 0. The maximum atomic E-state index is 12.3. The van der Waals surface area contributed by atoms with Gasteiger partial charge in [-0.25, -0.2) is 4.79 Å². The third-order valence-corrected chi connectivity index (χ3v) is 2.90. The molecule has 0 aliphatic carbocycles. The second-order valence-corrected chi connectivity index (χ2v) is 5.99. The van der Waals surface area contributed by atoms with Crippen LogP contribution in [-0.4, -0.2) is 43.1 Å². The van der Waals surface area contributed by atoms with Crippen LogP contribution in [0.5, 0.6) is 5.75 Å². The van der Waals surface area contributed by atoms with Gasteiger partial charge < -0.3 is 24.7 Å². The number of hydrogen-bond acceptors (Lipinski definition) is 9. The van der Waals surface area contributed by atoms with Crippen LogP contribution in [0.15, 0.2) is 24.3 Å². The van der Waals surface area contributed by atoms with Gasteiger partial charge in [0.1, 0.15) is 18.5 Å². The maximum Gasteiger partial charge on any atom is 0.352 e. The van der Waals surface area contributed by atoms with Crippen LogP contribution in [0, 0.1) is 0 Å².